The first-order valence-corrected chi connectivity index (χ1v) is 10.1. The van der Waals surface area contributed by atoms with Gasteiger partial charge in [0.15, 0.2) is 0 Å². The second-order valence-corrected chi connectivity index (χ2v) is 7.91. The molecule has 1 aromatic carbocycles. The van der Waals surface area contributed by atoms with Crippen molar-refractivity contribution in [1.29, 1.82) is 0 Å². The third-order valence-electron chi connectivity index (χ3n) is 4.12. The molecule has 1 saturated heterocycles. The molecule has 9 heteroatoms. The number of rotatable bonds is 8. The lowest BCUT2D eigenvalue weighted by molar-refractivity contribution is 0.242. The van der Waals surface area contributed by atoms with Crippen LogP contribution in [0, 0.1) is 0 Å². The predicted octanol–water partition coefficient (Wildman–Crippen LogP) is 0.632. The lowest BCUT2D eigenvalue weighted by Crippen LogP contribution is -2.50. The molecule has 144 valence electrons. The molecule has 26 heavy (non-hydrogen) atoms. The van der Waals surface area contributed by atoms with E-state index in [9.17, 15) is 13.2 Å². The number of nitrogens with zero attached hydrogens (tertiary/aromatic N) is 2. The number of amides is 2. The summed E-state index contributed by atoms with van der Waals surface area (Å²) in [4.78, 5) is 13.6. The zero-order valence-electron chi connectivity index (χ0n) is 15.0. The zero-order chi connectivity index (χ0) is 19.0. The Labute approximate surface area is 154 Å². The molecular formula is C17H26N4O4S. The predicted molar refractivity (Wildman–Crippen MR) is 102 cm³/mol. The van der Waals surface area contributed by atoms with Crippen LogP contribution in [0.25, 0.3) is 0 Å². The van der Waals surface area contributed by atoms with E-state index in [1.807, 2.05) is 24.3 Å². The number of nitrogens with one attached hydrogen (secondary N) is 2. The van der Waals surface area contributed by atoms with Crippen molar-refractivity contribution < 1.29 is 17.9 Å². The number of piperazine rings is 1. The number of carbonyl (C=O) groups excluding carboxylic acids is 1. The van der Waals surface area contributed by atoms with Gasteiger partial charge < -0.3 is 20.3 Å². The van der Waals surface area contributed by atoms with Gasteiger partial charge in [-0.3, -0.25) is 0 Å². The molecular weight excluding hydrogens is 356 g/mol. The van der Waals surface area contributed by atoms with Gasteiger partial charge in [-0.05, 0) is 24.3 Å². The summed E-state index contributed by atoms with van der Waals surface area (Å²) in [7, 11) is -1.77. The molecule has 1 fully saturated rings. The van der Waals surface area contributed by atoms with E-state index in [0.29, 0.717) is 32.7 Å². The number of urea groups is 1. The first-order valence-electron chi connectivity index (χ1n) is 8.45. The SMILES string of the molecule is C=CCNC(=O)NCCS(=O)(=O)N1CCN(c2ccc(OC)cc2)CC1. The second-order valence-electron chi connectivity index (χ2n) is 5.83. The minimum absolute atomic E-state index is 0.0734. The number of ether oxygens (including phenoxy) is 1. The van der Waals surface area contributed by atoms with E-state index in [1.54, 1.807) is 13.2 Å². The van der Waals surface area contributed by atoms with Crippen molar-refractivity contribution in [3.8, 4) is 5.75 Å². The van der Waals surface area contributed by atoms with Crippen LogP contribution in [0.15, 0.2) is 36.9 Å². The minimum atomic E-state index is -3.39. The number of hydrogen-bond donors (Lipinski definition) is 2. The Morgan fingerprint density at radius 3 is 2.42 bits per heavy atom. The maximum absolute atomic E-state index is 12.4. The van der Waals surface area contributed by atoms with Gasteiger partial charge in [-0.1, -0.05) is 6.08 Å². The van der Waals surface area contributed by atoms with Crippen LogP contribution in [0.1, 0.15) is 0 Å². The van der Waals surface area contributed by atoms with Crippen LogP contribution < -0.4 is 20.3 Å². The van der Waals surface area contributed by atoms with Crippen molar-refractivity contribution in [3.63, 3.8) is 0 Å². The quantitative estimate of drug-likeness (QED) is 0.644. The first-order chi connectivity index (χ1) is 12.5. The van der Waals surface area contributed by atoms with Crippen molar-refractivity contribution in [2.75, 3.05) is 57.0 Å². The fourth-order valence-corrected chi connectivity index (χ4v) is 4.01. The molecule has 1 aliphatic rings. The third kappa shape index (κ3) is 5.63. The molecule has 0 radical (unpaired) electrons. The topological polar surface area (TPSA) is 91.0 Å². The van der Waals surface area contributed by atoms with E-state index in [-0.39, 0.29) is 12.3 Å². The molecule has 1 heterocycles. The van der Waals surface area contributed by atoms with Gasteiger partial charge in [0.25, 0.3) is 0 Å². The number of hydrogen-bond acceptors (Lipinski definition) is 5. The molecule has 2 amide bonds. The molecule has 0 saturated carbocycles. The third-order valence-corrected chi connectivity index (χ3v) is 5.99. The maximum Gasteiger partial charge on any atom is 0.315 e. The van der Waals surface area contributed by atoms with Gasteiger partial charge in [-0.25, -0.2) is 13.2 Å². The molecule has 2 rings (SSSR count). The number of anilines is 1. The molecule has 0 atom stereocenters. The highest BCUT2D eigenvalue weighted by atomic mass is 32.2. The van der Waals surface area contributed by atoms with E-state index in [2.05, 4.69) is 22.1 Å². The molecule has 0 spiro atoms. The van der Waals surface area contributed by atoms with E-state index >= 15 is 0 Å². The van der Waals surface area contributed by atoms with E-state index in [0.717, 1.165) is 11.4 Å². The Balaban J connectivity index is 1.79. The summed E-state index contributed by atoms with van der Waals surface area (Å²) in [5.41, 5.74) is 1.04. The van der Waals surface area contributed by atoms with Crippen molar-refractivity contribution in [2.24, 2.45) is 0 Å². The summed E-state index contributed by atoms with van der Waals surface area (Å²) < 4.78 is 31.5. The van der Waals surface area contributed by atoms with E-state index in [1.165, 1.54) is 4.31 Å². The van der Waals surface area contributed by atoms with Gasteiger partial charge in [0.05, 0.1) is 12.9 Å². The highest BCUT2D eigenvalue weighted by Gasteiger charge is 2.26. The largest absolute Gasteiger partial charge is 0.497 e. The Kier molecular flexibility index (Phi) is 7.28. The summed E-state index contributed by atoms with van der Waals surface area (Å²) in [6.45, 7) is 6.01. The van der Waals surface area contributed by atoms with E-state index < -0.39 is 16.1 Å². The van der Waals surface area contributed by atoms with E-state index in [4.69, 9.17) is 4.74 Å². The van der Waals surface area contributed by atoms with Crippen LogP contribution >= 0.6 is 0 Å². The molecule has 1 aliphatic heterocycles. The molecule has 0 unspecified atom stereocenters. The fourth-order valence-electron chi connectivity index (χ4n) is 2.67. The molecule has 8 nitrogen and oxygen atoms in total. The van der Waals surface area contributed by atoms with Gasteiger partial charge in [0, 0.05) is 45.0 Å². The molecule has 0 aliphatic carbocycles. The van der Waals surface area contributed by atoms with Crippen LogP contribution in [0.4, 0.5) is 10.5 Å². The monoisotopic (exact) mass is 382 g/mol. The first kappa shape index (κ1) is 20.1. The summed E-state index contributed by atoms with van der Waals surface area (Å²) in [6, 6.07) is 7.32. The normalized spacial score (nSPS) is 15.3. The molecule has 2 N–H and O–H groups in total. The van der Waals surface area contributed by atoms with Crippen molar-refractivity contribution in [3.05, 3.63) is 36.9 Å². The average Bonchev–Trinajstić information content (AvgIpc) is 2.66. The lowest BCUT2D eigenvalue weighted by atomic mass is 10.2. The summed E-state index contributed by atoms with van der Waals surface area (Å²) in [6.07, 6.45) is 1.55. The van der Waals surface area contributed by atoms with Gasteiger partial charge in [-0.2, -0.15) is 4.31 Å². The van der Waals surface area contributed by atoms with Crippen molar-refractivity contribution >= 4 is 21.7 Å². The van der Waals surface area contributed by atoms with Crippen LogP contribution in [0.5, 0.6) is 5.75 Å². The molecule has 1 aromatic rings. The van der Waals surface area contributed by atoms with Gasteiger partial charge >= 0.3 is 6.03 Å². The van der Waals surface area contributed by atoms with Gasteiger partial charge in [-0.15, -0.1) is 6.58 Å². The standard InChI is InChI=1S/C17H26N4O4S/c1-3-8-18-17(22)19-9-14-26(23,24)21-12-10-20(11-13-21)15-4-6-16(25-2)7-5-15/h3-7H,1,8-14H2,2H3,(H2,18,19,22). The second kappa shape index (κ2) is 9.44. The van der Waals surface area contributed by atoms with Crippen LogP contribution in [0.2, 0.25) is 0 Å². The Morgan fingerprint density at radius 2 is 1.85 bits per heavy atom. The van der Waals surface area contributed by atoms with Crippen LogP contribution in [-0.2, 0) is 10.0 Å². The summed E-state index contributed by atoms with van der Waals surface area (Å²) in [5, 5.41) is 5.07. The zero-order valence-corrected chi connectivity index (χ0v) is 15.8. The van der Waals surface area contributed by atoms with Gasteiger partial charge in [0.1, 0.15) is 5.75 Å². The number of methoxy groups -OCH3 is 1. The lowest BCUT2D eigenvalue weighted by Gasteiger charge is -2.35. The Bertz CT molecular complexity index is 698. The highest BCUT2D eigenvalue weighted by Crippen LogP contribution is 2.21. The number of carbonyl (C=O) groups is 1. The minimum Gasteiger partial charge on any atom is -0.497 e. The molecule has 0 bridgehead atoms. The van der Waals surface area contributed by atoms with Crippen LogP contribution in [-0.4, -0.2) is 70.9 Å². The van der Waals surface area contributed by atoms with Gasteiger partial charge in [0.2, 0.25) is 10.0 Å². The Morgan fingerprint density at radius 1 is 1.19 bits per heavy atom. The maximum atomic E-state index is 12.4. The average molecular weight is 382 g/mol. The van der Waals surface area contributed by atoms with Crippen molar-refractivity contribution in [1.82, 2.24) is 14.9 Å². The Hall–Kier alpha value is -2.26. The number of benzene rings is 1. The smallest absolute Gasteiger partial charge is 0.315 e. The van der Waals surface area contributed by atoms with Crippen LogP contribution in [0.3, 0.4) is 0 Å². The molecule has 0 aromatic heterocycles. The number of sulfonamides is 1. The summed E-state index contributed by atoms with van der Waals surface area (Å²) in [5.74, 6) is 0.677. The highest BCUT2D eigenvalue weighted by molar-refractivity contribution is 7.89. The fraction of sp³-hybridized carbons (Fsp3) is 0.471. The van der Waals surface area contributed by atoms with Crippen molar-refractivity contribution in [2.45, 2.75) is 0 Å². The summed E-state index contributed by atoms with van der Waals surface area (Å²) >= 11 is 0.